The van der Waals surface area contributed by atoms with E-state index in [2.05, 4.69) is 134 Å². The fourth-order valence-corrected chi connectivity index (χ4v) is 11.1. The molecule has 1 nitrogen and oxygen atoms in total. The van der Waals surface area contributed by atoms with Crippen LogP contribution in [0.2, 0.25) is 0 Å². The van der Waals surface area contributed by atoms with Crippen LogP contribution < -0.4 is 4.90 Å². The maximum atomic E-state index is 2.61. The van der Waals surface area contributed by atoms with Gasteiger partial charge in [0.15, 0.2) is 0 Å². The molecule has 3 aliphatic carbocycles. The van der Waals surface area contributed by atoms with E-state index in [1.165, 1.54) is 157 Å². The third kappa shape index (κ3) is 4.35. The number of hydrogen-bond donors (Lipinski definition) is 0. The number of benzene rings is 8. The van der Waals surface area contributed by atoms with Gasteiger partial charge < -0.3 is 4.90 Å². The number of nitrogens with zero attached hydrogens (tertiary/aromatic N) is 1. The molecule has 3 aliphatic rings. The fraction of sp³-hybridized carbons (Fsp3) is 0.294. The molecular formula is C51H47N. The van der Waals surface area contributed by atoms with E-state index in [1.807, 2.05) is 0 Å². The summed E-state index contributed by atoms with van der Waals surface area (Å²) < 4.78 is 0. The number of fused-ring (bicyclic) bond motifs is 1. The molecule has 0 radical (unpaired) electrons. The van der Waals surface area contributed by atoms with Gasteiger partial charge in [0, 0.05) is 32.9 Å². The van der Waals surface area contributed by atoms with Crippen LogP contribution >= 0.6 is 0 Å². The highest BCUT2D eigenvalue weighted by atomic mass is 15.1. The van der Waals surface area contributed by atoms with Crippen molar-refractivity contribution >= 4 is 70.9 Å². The molecule has 0 unspecified atom stereocenters. The Kier molecular flexibility index (Phi) is 6.83. The van der Waals surface area contributed by atoms with Crippen LogP contribution in [0, 0.1) is 0 Å². The third-order valence-corrected chi connectivity index (χ3v) is 13.8. The zero-order valence-corrected chi connectivity index (χ0v) is 30.6. The molecule has 8 aromatic rings. The molecule has 1 heteroatoms. The zero-order valence-electron chi connectivity index (χ0n) is 30.6. The van der Waals surface area contributed by atoms with Gasteiger partial charge in [-0.2, -0.15) is 0 Å². The summed E-state index contributed by atoms with van der Waals surface area (Å²) in [7, 11) is 0. The van der Waals surface area contributed by atoms with Gasteiger partial charge in [0.25, 0.3) is 0 Å². The summed E-state index contributed by atoms with van der Waals surface area (Å²) in [6, 6.07) is 45.4. The van der Waals surface area contributed by atoms with Crippen LogP contribution in [0.5, 0.6) is 0 Å². The Labute approximate surface area is 307 Å². The van der Waals surface area contributed by atoms with E-state index in [9.17, 15) is 0 Å². The summed E-state index contributed by atoms with van der Waals surface area (Å²) in [5.41, 5.74) is 9.56. The molecular weight excluding hydrogens is 627 g/mol. The molecule has 0 N–H and O–H groups in total. The Hall–Kier alpha value is -4.88. The van der Waals surface area contributed by atoms with Crippen molar-refractivity contribution in [3.05, 3.63) is 138 Å². The van der Waals surface area contributed by atoms with Crippen molar-refractivity contribution in [2.24, 2.45) is 0 Å². The summed E-state index contributed by atoms with van der Waals surface area (Å²) in [6.07, 6.45) is 13.5. The van der Waals surface area contributed by atoms with E-state index in [0.717, 1.165) is 0 Å². The van der Waals surface area contributed by atoms with Gasteiger partial charge in [-0.25, -0.2) is 0 Å². The lowest BCUT2D eigenvalue weighted by Gasteiger charge is -2.37. The second-order valence-electron chi connectivity index (χ2n) is 16.9. The van der Waals surface area contributed by atoms with Crippen LogP contribution in [0.3, 0.4) is 0 Å². The van der Waals surface area contributed by atoms with Crippen molar-refractivity contribution in [3.8, 4) is 0 Å². The van der Waals surface area contributed by atoms with Crippen LogP contribution in [0.4, 0.5) is 17.1 Å². The second kappa shape index (κ2) is 11.6. The van der Waals surface area contributed by atoms with Gasteiger partial charge in [0.05, 0.1) is 5.69 Å². The Bertz CT molecular complexity index is 2590. The molecule has 0 aromatic heterocycles. The van der Waals surface area contributed by atoms with Crippen molar-refractivity contribution in [3.63, 3.8) is 0 Å². The molecule has 11 rings (SSSR count). The largest absolute Gasteiger partial charge is 0.309 e. The highest BCUT2D eigenvalue weighted by Gasteiger charge is 2.36. The summed E-state index contributed by atoms with van der Waals surface area (Å²) >= 11 is 0. The van der Waals surface area contributed by atoms with Crippen LogP contribution in [0.25, 0.3) is 53.9 Å². The van der Waals surface area contributed by atoms with E-state index in [1.54, 1.807) is 0 Å². The van der Waals surface area contributed by atoms with E-state index < -0.39 is 0 Å². The molecule has 0 amide bonds. The molecule has 0 aliphatic heterocycles. The Morgan fingerprint density at radius 1 is 0.423 bits per heavy atom. The first kappa shape index (κ1) is 30.7. The van der Waals surface area contributed by atoms with Gasteiger partial charge >= 0.3 is 0 Å². The van der Waals surface area contributed by atoms with E-state index in [4.69, 9.17) is 0 Å². The maximum Gasteiger partial charge on any atom is 0.0619 e. The van der Waals surface area contributed by atoms with E-state index >= 15 is 0 Å². The quantitative estimate of drug-likeness (QED) is 0.130. The highest BCUT2D eigenvalue weighted by molar-refractivity contribution is 6.42. The maximum absolute atomic E-state index is 2.61. The van der Waals surface area contributed by atoms with Crippen molar-refractivity contribution < 1.29 is 0 Å². The van der Waals surface area contributed by atoms with Crippen LogP contribution in [-0.2, 0) is 5.41 Å². The van der Waals surface area contributed by atoms with Crippen LogP contribution in [0.15, 0.2) is 115 Å². The van der Waals surface area contributed by atoms with Gasteiger partial charge in [-0.05, 0) is 122 Å². The lowest BCUT2D eigenvalue weighted by molar-refractivity contribution is 0.443. The molecule has 2 saturated carbocycles. The van der Waals surface area contributed by atoms with E-state index in [0.29, 0.717) is 11.8 Å². The van der Waals surface area contributed by atoms with Gasteiger partial charge in [-0.3, -0.25) is 0 Å². The highest BCUT2D eigenvalue weighted by Crippen LogP contribution is 2.57. The minimum atomic E-state index is -0.130. The Balaban J connectivity index is 1.23. The average molecular weight is 674 g/mol. The molecule has 0 bridgehead atoms. The first-order valence-electron chi connectivity index (χ1n) is 20.2. The molecule has 8 aromatic carbocycles. The van der Waals surface area contributed by atoms with Gasteiger partial charge in [-0.1, -0.05) is 143 Å². The monoisotopic (exact) mass is 673 g/mol. The SMILES string of the molecule is CC1(C)c2cccc3c(N(c4ccc(C5CCCCC5)cc4)c4ccc(C5CCCCC5)cc4)c4cccc5c6cccc7ccc1c(c76)c(c23)c45. The molecule has 0 heterocycles. The van der Waals surface area contributed by atoms with Gasteiger partial charge in [0.1, 0.15) is 0 Å². The predicted octanol–water partition coefficient (Wildman–Crippen LogP) is 15.1. The molecule has 2 fully saturated rings. The average Bonchev–Trinajstić information content (AvgIpc) is 3.20. The van der Waals surface area contributed by atoms with Crippen molar-refractivity contribution in [1.82, 2.24) is 0 Å². The summed E-state index contributed by atoms with van der Waals surface area (Å²) in [6.45, 7) is 4.89. The molecule has 0 spiro atoms. The van der Waals surface area contributed by atoms with Gasteiger partial charge in [-0.15, -0.1) is 0 Å². The smallest absolute Gasteiger partial charge is 0.0619 e. The van der Waals surface area contributed by atoms with Crippen molar-refractivity contribution in [2.75, 3.05) is 4.90 Å². The zero-order chi connectivity index (χ0) is 34.6. The molecule has 0 atom stereocenters. The number of rotatable bonds is 5. The second-order valence-corrected chi connectivity index (χ2v) is 16.9. The number of anilines is 3. The summed E-state index contributed by atoms with van der Waals surface area (Å²) in [5.74, 6) is 1.37. The first-order valence-corrected chi connectivity index (χ1v) is 20.2. The fourth-order valence-electron chi connectivity index (χ4n) is 11.1. The topological polar surface area (TPSA) is 3.24 Å². The predicted molar refractivity (Wildman–Crippen MR) is 224 cm³/mol. The third-order valence-electron chi connectivity index (χ3n) is 13.8. The van der Waals surface area contributed by atoms with Crippen LogP contribution in [-0.4, -0.2) is 0 Å². The standard InChI is InChI=1S/C51H47N/c1-51(2)43-21-11-20-42-47(43)49-46-40(39-17-9-16-36-26-31-44(51)48(49)45(36)39)18-10-19-41(46)50(42)52(37-27-22-34(23-28-37)32-12-5-3-6-13-32)38-29-24-35(25-30-38)33-14-7-4-8-15-33/h9-11,16-33H,3-8,12-15H2,1-2H3. The lowest BCUT2D eigenvalue weighted by Crippen LogP contribution is -2.23. The lowest BCUT2D eigenvalue weighted by atomic mass is 9.68. The van der Waals surface area contributed by atoms with Gasteiger partial charge in [0.2, 0.25) is 0 Å². The minimum absolute atomic E-state index is 0.130. The normalized spacial score (nSPS) is 17.8. The Morgan fingerprint density at radius 2 is 0.923 bits per heavy atom. The molecule has 52 heavy (non-hydrogen) atoms. The summed E-state index contributed by atoms with van der Waals surface area (Å²) in [5, 5.41) is 13.9. The number of hydrogen-bond acceptors (Lipinski definition) is 1. The van der Waals surface area contributed by atoms with Crippen molar-refractivity contribution in [2.45, 2.75) is 95.3 Å². The Morgan fingerprint density at radius 3 is 1.54 bits per heavy atom. The summed E-state index contributed by atoms with van der Waals surface area (Å²) in [4.78, 5) is 2.61. The van der Waals surface area contributed by atoms with E-state index in [-0.39, 0.29) is 5.41 Å². The molecule has 0 saturated heterocycles. The molecule has 256 valence electrons. The van der Waals surface area contributed by atoms with Crippen LogP contribution in [0.1, 0.15) is 112 Å². The van der Waals surface area contributed by atoms with Crippen molar-refractivity contribution in [1.29, 1.82) is 0 Å². The minimum Gasteiger partial charge on any atom is -0.309 e. The first-order chi connectivity index (χ1) is 25.6.